The van der Waals surface area contributed by atoms with Crippen molar-refractivity contribution in [2.24, 2.45) is 34.6 Å². The van der Waals surface area contributed by atoms with E-state index in [2.05, 4.69) is 92.2 Å². The molecule has 8 N–H and O–H groups in total. The highest BCUT2D eigenvalue weighted by molar-refractivity contribution is 6.47. The summed E-state index contributed by atoms with van der Waals surface area (Å²) < 4.78 is 13.1. The summed E-state index contributed by atoms with van der Waals surface area (Å²) in [7, 11) is -0.503. The van der Waals surface area contributed by atoms with Crippen LogP contribution in [0.5, 0.6) is 0 Å². The number of aliphatic hydroxyl groups is 1. The number of hydrogen-bond acceptors (Lipinski definition) is 10. The number of Topliss-reactive ketones (excluding diaryl/α,β-unsaturated/α-hetero) is 2. The van der Waals surface area contributed by atoms with Crippen LogP contribution in [0.4, 0.5) is 0 Å². The highest BCUT2D eigenvalue weighted by Gasteiger charge is 2.68. The molecule has 2 amide bonds. The summed E-state index contributed by atoms with van der Waals surface area (Å²) in [6, 6.07) is 14.4. The Morgan fingerprint density at radius 2 is 1.50 bits per heavy atom. The first-order valence-corrected chi connectivity index (χ1v) is 23.5. The van der Waals surface area contributed by atoms with E-state index in [1.165, 1.54) is 36.5 Å². The van der Waals surface area contributed by atoms with Crippen molar-refractivity contribution < 1.29 is 33.6 Å². The Morgan fingerprint density at radius 1 is 0.839 bits per heavy atom. The van der Waals surface area contributed by atoms with Crippen LogP contribution in [0.3, 0.4) is 0 Å². The second-order valence-electron chi connectivity index (χ2n) is 19.6. The minimum absolute atomic E-state index is 0.0123. The molecule has 2 aromatic rings. The molecule has 12 nitrogen and oxygen atoms in total. The van der Waals surface area contributed by atoms with E-state index in [-0.39, 0.29) is 41.6 Å². The van der Waals surface area contributed by atoms with Gasteiger partial charge in [-0.1, -0.05) is 89.6 Å². The Bertz CT molecular complexity index is 1790. The smallest absolute Gasteiger partial charge is 0.405 e. The zero-order valence-corrected chi connectivity index (χ0v) is 38.6. The van der Waals surface area contributed by atoms with Crippen LogP contribution in [0, 0.1) is 23.2 Å². The molecule has 3 aliphatic carbocycles. The van der Waals surface area contributed by atoms with Crippen molar-refractivity contribution in [2.45, 2.75) is 174 Å². The van der Waals surface area contributed by atoms with E-state index in [4.69, 9.17) is 20.8 Å². The highest BCUT2D eigenvalue weighted by atomic mass is 16.7. The lowest BCUT2D eigenvalue weighted by Gasteiger charge is -2.64. The third-order valence-electron chi connectivity index (χ3n) is 14.3. The molecule has 1 heterocycles. The average Bonchev–Trinajstić information content (AvgIpc) is 3.62. The number of carbonyl (C=O) groups excluding carboxylic acids is 4. The summed E-state index contributed by atoms with van der Waals surface area (Å²) in [6.45, 7) is 15.8. The van der Waals surface area contributed by atoms with Crippen LogP contribution in [-0.4, -0.2) is 84.6 Å². The number of benzene rings is 2. The van der Waals surface area contributed by atoms with Gasteiger partial charge in [0.1, 0.15) is 6.04 Å². The van der Waals surface area contributed by atoms with E-state index in [0.29, 0.717) is 63.6 Å². The van der Waals surface area contributed by atoms with Crippen LogP contribution < -0.4 is 27.4 Å². The molecular weight excluding hydrogens is 781 g/mol. The summed E-state index contributed by atoms with van der Waals surface area (Å²) >= 11 is 0. The monoisotopic (exact) mass is 858 g/mol. The van der Waals surface area contributed by atoms with E-state index >= 15 is 0 Å². The van der Waals surface area contributed by atoms with Gasteiger partial charge in [-0.05, 0) is 130 Å². The van der Waals surface area contributed by atoms with Gasteiger partial charge in [-0.15, -0.1) is 0 Å². The van der Waals surface area contributed by atoms with E-state index in [9.17, 15) is 24.3 Å². The van der Waals surface area contributed by atoms with Crippen molar-refractivity contribution in [1.29, 1.82) is 0 Å². The van der Waals surface area contributed by atoms with Crippen molar-refractivity contribution >= 4 is 30.5 Å². The second-order valence-corrected chi connectivity index (χ2v) is 19.6. The van der Waals surface area contributed by atoms with Gasteiger partial charge in [-0.3, -0.25) is 19.2 Å². The quantitative estimate of drug-likeness (QED) is 0.0480. The van der Waals surface area contributed by atoms with Gasteiger partial charge in [0, 0.05) is 25.3 Å². The van der Waals surface area contributed by atoms with Gasteiger partial charge in [0.15, 0.2) is 11.6 Å². The first kappa shape index (κ1) is 49.6. The van der Waals surface area contributed by atoms with Crippen molar-refractivity contribution in [3.8, 4) is 11.1 Å². The number of aliphatic hydroxyl groups excluding tert-OH is 1. The molecule has 13 heteroatoms. The summed E-state index contributed by atoms with van der Waals surface area (Å²) in [5.74, 6) is -1.61. The molecule has 4 fully saturated rings. The maximum Gasteiger partial charge on any atom is 0.461 e. The minimum Gasteiger partial charge on any atom is -0.405 e. The number of aryl methyl sites for hydroxylation is 1. The second kappa shape index (κ2) is 22.4. The Labute approximate surface area is 371 Å². The molecule has 0 radical (unpaired) electrons. The van der Waals surface area contributed by atoms with Crippen molar-refractivity contribution in [1.82, 2.24) is 16.0 Å². The van der Waals surface area contributed by atoms with Crippen molar-refractivity contribution in [2.75, 3.05) is 13.1 Å². The molecule has 0 spiro atoms. The van der Waals surface area contributed by atoms with Crippen molar-refractivity contribution in [3.63, 3.8) is 0 Å². The molecule has 2 aromatic carbocycles. The fraction of sp³-hybridized carbons (Fsp3) is 0.673. The molecule has 3 saturated carbocycles. The summed E-state index contributed by atoms with van der Waals surface area (Å²) in [5, 5.41) is 19.5. The number of carbonyl (C=O) groups is 4. The molecule has 1 aliphatic heterocycles. The first-order chi connectivity index (χ1) is 29.5. The normalized spacial score (nSPS) is 24.2. The molecule has 6 rings (SSSR count). The number of unbranched alkanes of at least 4 members (excludes halogenated alkanes) is 2. The fourth-order valence-corrected chi connectivity index (χ4v) is 9.94. The molecule has 4 aliphatic rings. The van der Waals surface area contributed by atoms with Crippen LogP contribution in [0.15, 0.2) is 48.5 Å². The zero-order chi connectivity index (χ0) is 45.2. The van der Waals surface area contributed by atoms with Crippen LogP contribution >= 0.6 is 0 Å². The summed E-state index contributed by atoms with van der Waals surface area (Å²) in [5.41, 5.74) is 16.7. The standard InChI is InChI=1S/C49H76BN5O7/c1-8-9-13-34-16-20-36(21-17-34)37-22-18-35(19-23-37)30-53-25-12-14-39(52)47(60)55-45(33(4)56)42(58)26-31(2)46(59)54-40(15-10-11-24-51)41(57)27-32(3)50-61-44-29-38-28-43(48(38,5)6)49(44,7)62-50/h16-23,31-33,38-40,43-45,53,56H,8-15,24-30,51-52H2,1-7H3,(H,54,59)(H,55,60)/t31-,32-,33-,38+,39+,40+,43+,44?,45+,49+/m1/s1. The Kier molecular flexibility index (Phi) is 17.9. The number of rotatable bonds is 26. The number of amides is 2. The maximum atomic E-state index is 13.8. The van der Waals surface area contributed by atoms with Gasteiger partial charge < -0.3 is 41.8 Å². The third-order valence-corrected chi connectivity index (χ3v) is 14.3. The van der Waals surface area contributed by atoms with Crippen LogP contribution in [-0.2, 0) is 41.5 Å². The molecule has 1 unspecified atom stereocenters. The van der Waals surface area contributed by atoms with Gasteiger partial charge >= 0.3 is 7.12 Å². The lowest BCUT2D eigenvalue weighted by atomic mass is 9.43. The highest BCUT2D eigenvalue weighted by Crippen LogP contribution is 2.66. The minimum atomic E-state index is -1.24. The fourth-order valence-electron chi connectivity index (χ4n) is 9.94. The van der Waals surface area contributed by atoms with Crippen molar-refractivity contribution in [3.05, 3.63) is 59.7 Å². The van der Waals surface area contributed by atoms with E-state index in [1.807, 2.05) is 6.92 Å². The molecule has 10 atom stereocenters. The lowest BCUT2D eigenvalue weighted by Crippen LogP contribution is -2.65. The van der Waals surface area contributed by atoms with Crippen LogP contribution in [0.25, 0.3) is 11.1 Å². The number of nitrogens with two attached hydrogens (primary N) is 2. The largest absolute Gasteiger partial charge is 0.461 e. The molecule has 1 saturated heterocycles. The number of ketones is 2. The summed E-state index contributed by atoms with van der Waals surface area (Å²) in [4.78, 5) is 53.8. The predicted octanol–water partition coefficient (Wildman–Crippen LogP) is 6.05. The molecule has 62 heavy (non-hydrogen) atoms. The van der Waals surface area contributed by atoms with Crippen LogP contribution in [0.1, 0.15) is 130 Å². The van der Waals surface area contributed by atoms with Gasteiger partial charge in [0.05, 0.1) is 29.9 Å². The zero-order valence-electron chi connectivity index (χ0n) is 38.6. The van der Waals surface area contributed by atoms with Gasteiger partial charge in [-0.2, -0.15) is 0 Å². The SMILES string of the molecule is CCCCc1ccc(-c2ccc(CNCCC[C@H](N)C(=O)N[C@H](C(=O)C[C@@H](C)C(=O)N[C@@H](CCCCN)C(=O)C[C@@H](C)B3OC4C[C@@H]5C[C@@H](C5(C)C)[C@]4(C)O3)[C@@H](C)O)cc2)cc1. The number of hydrogen-bond donors (Lipinski definition) is 6. The summed E-state index contributed by atoms with van der Waals surface area (Å²) in [6.07, 6.45) is 7.11. The van der Waals surface area contributed by atoms with Gasteiger partial charge in [-0.25, -0.2) is 0 Å². The van der Waals surface area contributed by atoms with E-state index in [1.54, 1.807) is 6.92 Å². The Balaban J connectivity index is 1.04. The Hall–Kier alpha value is -3.46. The molecule has 342 valence electrons. The topological polar surface area (TPSA) is 195 Å². The molecule has 2 bridgehead atoms. The van der Waals surface area contributed by atoms with Gasteiger partial charge in [0.2, 0.25) is 11.8 Å². The third kappa shape index (κ3) is 12.4. The lowest BCUT2D eigenvalue weighted by molar-refractivity contribution is -0.199. The first-order valence-electron chi connectivity index (χ1n) is 23.5. The predicted molar refractivity (Wildman–Crippen MR) is 246 cm³/mol. The van der Waals surface area contributed by atoms with E-state index in [0.717, 1.165) is 24.8 Å². The number of nitrogens with one attached hydrogen (secondary N) is 3. The molecular formula is C49H76BN5O7. The Morgan fingerprint density at radius 3 is 2.11 bits per heavy atom. The van der Waals surface area contributed by atoms with Crippen LogP contribution in [0.2, 0.25) is 5.82 Å². The maximum absolute atomic E-state index is 13.8. The average molecular weight is 858 g/mol. The van der Waals surface area contributed by atoms with E-state index < -0.39 is 54.9 Å². The molecule has 0 aromatic heterocycles. The van der Waals surface area contributed by atoms with Gasteiger partial charge in [0.25, 0.3) is 0 Å².